The van der Waals surface area contributed by atoms with Crippen LogP contribution in [0.2, 0.25) is 0 Å². The topological polar surface area (TPSA) is 29.9 Å². The van der Waals surface area contributed by atoms with Crippen LogP contribution >= 0.6 is 0 Å². The third-order valence-electron chi connectivity index (χ3n) is 4.59. The molecule has 0 aromatic carbocycles. The summed E-state index contributed by atoms with van der Waals surface area (Å²) in [7, 11) is 2.01. The number of aryl methyl sites for hydroxylation is 1. The molecule has 3 heteroatoms. The van der Waals surface area contributed by atoms with Crippen LogP contribution in [0.5, 0.6) is 0 Å². The zero-order chi connectivity index (χ0) is 13.1. The molecule has 18 heavy (non-hydrogen) atoms. The molecule has 1 aromatic heterocycles. The highest BCUT2D eigenvalue weighted by molar-refractivity contribution is 5.19. The second-order valence-corrected chi connectivity index (χ2v) is 6.06. The lowest BCUT2D eigenvalue weighted by Gasteiger charge is -2.27. The zero-order valence-corrected chi connectivity index (χ0v) is 12.2. The van der Waals surface area contributed by atoms with Gasteiger partial charge in [0.1, 0.15) is 0 Å². The predicted molar refractivity (Wildman–Crippen MR) is 75.5 cm³/mol. The summed E-state index contributed by atoms with van der Waals surface area (Å²) in [4.78, 5) is 0. The van der Waals surface area contributed by atoms with Crippen molar-refractivity contribution < 1.29 is 0 Å². The van der Waals surface area contributed by atoms with Gasteiger partial charge >= 0.3 is 0 Å². The van der Waals surface area contributed by atoms with Crippen molar-refractivity contribution in [1.82, 2.24) is 15.1 Å². The van der Waals surface area contributed by atoms with E-state index in [0.717, 1.165) is 18.4 Å². The minimum Gasteiger partial charge on any atom is -0.310 e. The fourth-order valence-electron chi connectivity index (χ4n) is 2.93. The maximum Gasteiger partial charge on any atom is 0.0540 e. The molecule has 0 bridgehead atoms. The van der Waals surface area contributed by atoms with Gasteiger partial charge in [-0.2, -0.15) is 5.10 Å². The molecule has 1 aromatic rings. The molecule has 1 N–H and O–H groups in total. The molecule has 2 rings (SSSR count). The Balaban J connectivity index is 1.81. The molecule has 0 aliphatic heterocycles. The van der Waals surface area contributed by atoms with Crippen LogP contribution in [-0.2, 0) is 7.05 Å². The monoisotopic (exact) mass is 249 g/mol. The standard InChI is InChI=1S/C15H27N3/c1-11-5-7-14(8-6-11)9-16-12(2)15-10-17-18(4)13(15)3/h10-12,14,16H,5-9H2,1-4H3. The van der Waals surface area contributed by atoms with Crippen LogP contribution in [0.15, 0.2) is 6.20 Å². The van der Waals surface area contributed by atoms with E-state index >= 15 is 0 Å². The predicted octanol–water partition coefficient (Wildman–Crippen LogP) is 3.21. The van der Waals surface area contributed by atoms with Crippen molar-refractivity contribution >= 4 is 0 Å². The van der Waals surface area contributed by atoms with Crippen molar-refractivity contribution in [1.29, 1.82) is 0 Å². The van der Waals surface area contributed by atoms with Crippen LogP contribution in [0.1, 0.15) is 56.8 Å². The Morgan fingerprint density at radius 1 is 1.39 bits per heavy atom. The lowest BCUT2D eigenvalue weighted by Crippen LogP contribution is -2.28. The van der Waals surface area contributed by atoms with E-state index in [2.05, 4.69) is 31.2 Å². The van der Waals surface area contributed by atoms with Gasteiger partial charge in [-0.3, -0.25) is 4.68 Å². The summed E-state index contributed by atoms with van der Waals surface area (Å²) in [5.41, 5.74) is 2.61. The SMILES string of the molecule is Cc1c(C(C)NCC2CCC(C)CC2)cnn1C. The van der Waals surface area contributed by atoms with Crippen molar-refractivity contribution in [3.05, 3.63) is 17.5 Å². The first kappa shape index (κ1) is 13.6. The van der Waals surface area contributed by atoms with Crippen LogP contribution in [0.3, 0.4) is 0 Å². The van der Waals surface area contributed by atoms with E-state index in [4.69, 9.17) is 0 Å². The summed E-state index contributed by atoms with van der Waals surface area (Å²) in [6.07, 6.45) is 7.61. The zero-order valence-electron chi connectivity index (χ0n) is 12.2. The van der Waals surface area contributed by atoms with Crippen molar-refractivity contribution in [2.24, 2.45) is 18.9 Å². The van der Waals surface area contributed by atoms with E-state index < -0.39 is 0 Å². The Hall–Kier alpha value is -0.830. The summed E-state index contributed by atoms with van der Waals surface area (Å²) in [6, 6.07) is 0.415. The summed E-state index contributed by atoms with van der Waals surface area (Å²) >= 11 is 0. The molecular weight excluding hydrogens is 222 g/mol. The molecule has 0 amide bonds. The molecular formula is C15H27N3. The molecule has 1 aliphatic rings. The van der Waals surface area contributed by atoms with Crippen molar-refractivity contribution in [3.8, 4) is 0 Å². The fraction of sp³-hybridized carbons (Fsp3) is 0.800. The highest BCUT2D eigenvalue weighted by atomic mass is 15.3. The Kier molecular flexibility index (Phi) is 4.44. The molecule has 1 saturated carbocycles. The normalized spacial score (nSPS) is 26.2. The van der Waals surface area contributed by atoms with E-state index in [-0.39, 0.29) is 0 Å². The van der Waals surface area contributed by atoms with E-state index in [9.17, 15) is 0 Å². The molecule has 0 saturated heterocycles. The van der Waals surface area contributed by atoms with E-state index in [1.807, 2.05) is 17.9 Å². The third kappa shape index (κ3) is 3.14. The van der Waals surface area contributed by atoms with Crippen LogP contribution in [0.25, 0.3) is 0 Å². The first-order chi connectivity index (χ1) is 8.58. The van der Waals surface area contributed by atoms with Crippen LogP contribution in [0, 0.1) is 18.8 Å². The highest BCUT2D eigenvalue weighted by Gasteiger charge is 2.19. The number of nitrogens with one attached hydrogen (secondary N) is 1. The first-order valence-electron chi connectivity index (χ1n) is 7.29. The first-order valence-corrected chi connectivity index (χ1v) is 7.29. The van der Waals surface area contributed by atoms with E-state index in [1.165, 1.54) is 36.9 Å². The van der Waals surface area contributed by atoms with Crippen molar-refractivity contribution in [2.45, 2.75) is 52.5 Å². The van der Waals surface area contributed by atoms with Gasteiger partial charge in [-0.1, -0.05) is 19.8 Å². The molecule has 0 radical (unpaired) electrons. The lowest BCUT2D eigenvalue weighted by atomic mass is 9.83. The Morgan fingerprint density at radius 2 is 2.06 bits per heavy atom. The van der Waals surface area contributed by atoms with E-state index in [0.29, 0.717) is 6.04 Å². The van der Waals surface area contributed by atoms with Crippen LogP contribution in [0.4, 0.5) is 0 Å². The van der Waals surface area contributed by atoms with Gasteiger partial charge in [-0.15, -0.1) is 0 Å². The number of hydrogen-bond acceptors (Lipinski definition) is 2. The number of nitrogens with zero attached hydrogens (tertiary/aromatic N) is 2. The molecule has 1 unspecified atom stereocenters. The number of rotatable bonds is 4. The smallest absolute Gasteiger partial charge is 0.0540 e. The summed E-state index contributed by atoms with van der Waals surface area (Å²) < 4.78 is 1.95. The summed E-state index contributed by atoms with van der Waals surface area (Å²) in [6.45, 7) is 7.92. The second-order valence-electron chi connectivity index (χ2n) is 6.06. The maximum atomic E-state index is 4.32. The molecule has 1 heterocycles. The quantitative estimate of drug-likeness (QED) is 0.888. The Bertz CT molecular complexity index is 375. The number of aromatic nitrogens is 2. The van der Waals surface area contributed by atoms with Gasteiger partial charge in [0.05, 0.1) is 6.20 Å². The van der Waals surface area contributed by atoms with E-state index in [1.54, 1.807) is 0 Å². The highest BCUT2D eigenvalue weighted by Crippen LogP contribution is 2.28. The summed E-state index contributed by atoms with van der Waals surface area (Å²) in [5.74, 6) is 1.82. The average Bonchev–Trinajstić information content (AvgIpc) is 2.69. The summed E-state index contributed by atoms with van der Waals surface area (Å²) in [5, 5.41) is 8.00. The van der Waals surface area contributed by atoms with Gasteiger partial charge in [0, 0.05) is 24.3 Å². The minimum atomic E-state index is 0.415. The molecule has 1 fully saturated rings. The Labute approximate surface area is 111 Å². The van der Waals surface area contributed by atoms with Crippen molar-refractivity contribution in [2.75, 3.05) is 6.54 Å². The average molecular weight is 249 g/mol. The fourth-order valence-corrected chi connectivity index (χ4v) is 2.93. The number of hydrogen-bond donors (Lipinski definition) is 1. The minimum absolute atomic E-state index is 0.415. The molecule has 3 nitrogen and oxygen atoms in total. The molecule has 1 aliphatic carbocycles. The van der Waals surface area contributed by atoms with Crippen LogP contribution in [-0.4, -0.2) is 16.3 Å². The van der Waals surface area contributed by atoms with Crippen LogP contribution < -0.4 is 5.32 Å². The molecule has 102 valence electrons. The lowest BCUT2D eigenvalue weighted by molar-refractivity contribution is 0.276. The van der Waals surface area contributed by atoms with Gasteiger partial charge in [0.2, 0.25) is 0 Å². The Morgan fingerprint density at radius 3 is 2.61 bits per heavy atom. The third-order valence-corrected chi connectivity index (χ3v) is 4.59. The van der Waals surface area contributed by atoms with Gasteiger partial charge in [-0.05, 0) is 45.1 Å². The van der Waals surface area contributed by atoms with Crippen molar-refractivity contribution in [3.63, 3.8) is 0 Å². The molecule has 1 atom stereocenters. The largest absolute Gasteiger partial charge is 0.310 e. The molecule has 0 spiro atoms. The van der Waals surface area contributed by atoms with Gasteiger partial charge in [-0.25, -0.2) is 0 Å². The maximum absolute atomic E-state index is 4.32. The van der Waals surface area contributed by atoms with Gasteiger partial charge in [0.25, 0.3) is 0 Å². The second kappa shape index (κ2) is 5.87. The van der Waals surface area contributed by atoms with Gasteiger partial charge < -0.3 is 5.32 Å². The van der Waals surface area contributed by atoms with Gasteiger partial charge in [0.15, 0.2) is 0 Å².